The predicted octanol–water partition coefficient (Wildman–Crippen LogP) is 3.92. The third kappa shape index (κ3) is 3.13. The Kier molecular flexibility index (Phi) is 5.40. The Labute approximate surface area is 128 Å². The van der Waals surface area contributed by atoms with Gasteiger partial charge in [0.15, 0.2) is 5.78 Å². The smallest absolute Gasteiger partial charge is 0.183 e. The quantitative estimate of drug-likeness (QED) is 0.712. The first-order chi connectivity index (χ1) is 10.2. The number of nitrogens with zero attached hydrogens (tertiary/aromatic N) is 1. The van der Waals surface area contributed by atoms with E-state index in [0.717, 1.165) is 50.1 Å². The predicted molar refractivity (Wildman–Crippen MR) is 86.1 cm³/mol. The van der Waals surface area contributed by atoms with Gasteiger partial charge >= 0.3 is 0 Å². The summed E-state index contributed by atoms with van der Waals surface area (Å²) in [6.07, 6.45) is 4.28. The second kappa shape index (κ2) is 7.08. The lowest BCUT2D eigenvalue weighted by Gasteiger charge is -2.39. The van der Waals surface area contributed by atoms with Gasteiger partial charge in [0.2, 0.25) is 0 Å². The van der Waals surface area contributed by atoms with E-state index >= 15 is 0 Å². The maximum Gasteiger partial charge on any atom is 0.183 e. The number of ether oxygens (including phenoxy) is 1. The highest BCUT2D eigenvalue weighted by Gasteiger charge is 2.44. The first kappa shape index (κ1) is 16.0. The molecule has 0 atom stereocenters. The van der Waals surface area contributed by atoms with Crippen molar-refractivity contribution in [2.75, 3.05) is 19.7 Å². The van der Waals surface area contributed by atoms with Gasteiger partial charge in [0.25, 0.3) is 0 Å². The van der Waals surface area contributed by atoms with Crippen molar-refractivity contribution in [1.29, 1.82) is 0 Å². The fourth-order valence-corrected chi connectivity index (χ4v) is 3.61. The molecule has 1 saturated carbocycles. The lowest BCUT2D eigenvalue weighted by atomic mass is 9.85. The zero-order valence-corrected chi connectivity index (χ0v) is 13.5. The third-order valence-electron chi connectivity index (χ3n) is 4.65. The summed E-state index contributed by atoms with van der Waals surface area (Å²) in [6.45, 7) is 8.77. The molecule has 0 radical (unpaired) electrons. The number of carbonyl (C=O) groups excluding carboxylic acids is 1. The van der Waals surface area contributed by atoms with Gasteiger partial charge in [-0.25, -0.2) is 0 Å². The molecule has 0 bridgehead atoms. The number of benzene rings is 1. The average Bonchev–Trinajstić information content (AvgIpc) is 3.00. The molecule has 1 aromatic carbocycles. The van der Waals surface area contributed by atoms with Crippen molar-refractivity contribution in [2.24, 2.45) is 0 Å². The fourth-order valence-electron chi connectivity index (χ4n) is 3.61. The molecule has 1 aliphatic rings. The summed E-state index contributed by atoms with van der Waals surface area (Å²) in [5.41, 5.74) is 0.531. The standard InChI is InChI=1S/C18H27NO2/c1-4-19(5-2)18(13-7-8-14-18)17(20)15-9-11-16(12-10-15)21-6-3/h9-12H,4-8,13-14H2,1-3H3. The molecule has 0 amide bonds. The molecule has 3 heteroatoms. The van der Waals surface area contributed by atoms with Gasteiger partial charge in [-0.15, -0.1) is 0 Å². The molecule has 0 unspecified atom stereocenters. The van der Waals surface area contributed by atoms with Crippen LogP contribution >= 0.6 is 0 Å². The van der Waals surface area contributed by atoms with E-state index in [0.29, 0.717) is 6.61 Å². The maximum absolute atomic E-state index is 13.1. The molecule has 0 N–H and O–H groups in total. The van der Waals surface area contributed by atoms with E-state index < -0.39 is 0 Å². The molecular weight excluding hydrogens is 262 g/mol. The van der Waals surface area contributed by atoms with Gasteiger partial charge in [0.05, 0.1) is 12.1 Å². The molecule has 1 aliphatic carbocycles. The Morgan fingerprint density at radius 2 is 1.67 bits per heavy atom. The molecule has 0 aliphatic heterocycles. The minimum absolute atomic E-state index is 0.281. The molecular formula is C18H27NO2. The molecule has 0 spiro atoms. The van der Waals surface area contributed by atoms with Crippen LogP contribution in [0.4, 0.5) is 0 Å². The fraction of sp³-hybridized carbons (Fsp3) is 0.611. The van der Waals surface area contributed by atoms with Crippen LogP contribution in [0.25, 0.3) is 0 Å². The van der Waals surface area contributed by atoms with Crippen LogP contribution in [0.5, 0.6) is 5.75 Å². The van der Waals surface area contributed by atoms with Gasteiger partial charge in [-0.2, -0.15) is 0 Å². The second-order valence-corrected chi connectivity index (χ2v) is 5.70. The largest absolute Gasteiger partial charge is 0.494 e. The average molecular weight is 289 g/mol. The van der Waals surface area contributed by atoms with Crippen LogP contribution in [0, 0.1) is 0 Å². The monoisotopic (exact) mass is 289 g/mol. The van der Waals surface area contributed by atoms with Gasteiger partial charge in [-0.3, -0.25) is 9.69 Å². The van der Waals surface area contributed by atoms with Crippen molar-refractivity contribution in [1.82, 2.24) is 4.90 Å². The molecule has 3 nitrogen and oxygen atoms in total. The minimum atomic E-state index is -0.281. The number of hydrogen-bond donors (Lipinski definition) is 0. The van der Waals surface area contributed by atoms with Crippen LogP contribution in [0.3, 0.4) is 0 Å². The number of hydrogen-bond acceptors (Lipinski definition) is 3. The van der Waals surface area contributed by atoms with E-state index in [1.807, 2.05) is 31.2 Å². The van der Waals surface area contributed by atoms with Gasteiger partial charge < -0.3 is 4.74 Å². The van der Waals surface area contributed by atoms with Crippen molar-refractivity contribution < 1.29 is 9.53 Å². The Hall–Kier alpha value is -1.35. The van der Waals surface area contributed by atoms with Crippen LogP contribution in [0.2, 0.25) is 0 Å². The Bertz CT molecular complexity index is 457. The van der Waals surface area contributed by atoms with Crippen molar-refractivity contribution in [2.45, 2.75) is 52.0 Å². The SMILES string of the molecule is CCOc1ccc(C(=O)C2(N(CC)CC)CCCC2)cc1. The Morgan fingerprint density at radius 3 is 2.14 bits per heavy atom. The zero-order valence-electron chi connectivity index (χ0n) is 13.5. The molecule has 21 heavy (non-hydrogen) atoms. The summed E-state index contributed by atoms with van der Waals surface area (Å²) in [6, 6.07) is 7.64. The molecule has 1 fully saturated rings. The summed E-state index contributed by atoms with van der Waals surface area (Å²) in [5, 5.41) is 0. The maximum atomic E-state index is 13.1. The van der Waals surface area contributed by atoms with Gasteiger partial charge in [0, 0.05) is 5.56 Å². The minimum Gasteiger partial charge on any atom is -0.494 e. The van der Waals surface area contributed by atoms with Crippen LogP contribution in [0.15, 0.2) is 24.3 Å². The molecule has 116 valence electrons. The Morgan fingerprint density at radius 1 is 1.10 bits per heavy atom. The van der Waals surface area contributed by atoms with Crippen LogP contribution in [-0.2, 0) is 0 Å². The molecule has 0 saturated heterocycles. The van der Waals surface area contributed by atoms with Crippen LogP contribution in [-0.4, -0.2) is 35.9 Å². The van der Waals surface area contributed by atoms with Gasteiger partial charge in [0.1, 0.15) is 5.75 Å². The van der Waals surface area contributed by atoms with E-state index in [1.165, 1.54) is 0 Å². The lowest BCUT2D eigenvalue weighted by molar-refractivity contribution is 0.0584. The van der Waals surface area contributed by atoms with Gasteiger partial charge in [-0.1, -0.05) is 26.7 Å². The van der Waals surface area contributed by atoms with E-state index in [2.05, 4.69) is 18.7 Å². The molecule has 2 rings (SSSR count). The van der Waals surface area contributed by atoms with Gasteiger partial charge in [-0.05, 0) is 57.1 Å². The number of rotatable bonds is 7. The molecule has 0 aromatic heterocycles. The first-order valence-corrected chi connectivity index (χ1v) is 8.20. The lowest BCUT2D eigenvalue weighted by Crippen LogP contribution is -2.52. The van der Waals surface area contributed by atoms with E-state index in [1.54, 1.807) is 0 Å². The van der Waals surface area contributed by atoms with Crippen molar-refractivity contribution in [3.63, 3.8) is 0 Å². The Balaban J connectivity index is 2.26. The molecule has 0 heterocycles. The summed E-state index contributed by atoms with van der Waals surface area (Å²) < 4.78 is 5.46. The van der Waals surface area contributed by atoms with Crippen LogP contribution in [0.1, 0.15) is 56.8 Å². The highest BCUT2D eigenvalue weighted by Crippen LogP contribution is 2.38. The first-order valence-electron chi connectivity index (χ1n) is 8.20. The number of ketones is 1. The number of likely N-dealkylation sites (N-methyl/N-ethyl adjacent to an activating group) is 1. The summed E-state index contributed by atoms with van der Waals surface area (Å²) in [5.74, 6) is 1.11. The van der Waals surface area contributed by atoms with Crippen molar-refractivity contribution >= 4 is 5.78 Å². The van der Waals surface area contributed by atoms with E-state index in [-0.39, 0.29) is 11.3 Å². The highest BCUT2D eigenvalue weighted by atomic mass is 16.5. The van der Waals surface area contributed by atoms with E-state index in [9.17, 15) is 4.79 Å². The summed E-state index contributed by atoms with van der Waals surface area (Å²) in [4.78, 5) is 15.5. The van der Waals surface area contributed by atoms with Crippen molar-refractivity contribution in [3.05, 3.63) is 29.8 Å². The normalized spacial score (nSPS) is 17.1. The summed E-state index contributed by atoms with van der Waals surface area (Å²) >= 11 is 0. The van der Waals surface area contributed by atoms with E-state index in [4.69, 9.17) is 4.74 Å². The molecule has 1 aromatic rings. The van der Waals surface area contributed by atoms with Crippen LogP contribution < -0.4 is 4.74 Å². The highest BCUT2D eigenvalue weighted by molar-refractivity contribution is 6.03. The third-order valence-corrected chi connectivity index (χ3v) is 4.65. The topological polar surface area (TPSA) is 29.5 Å². The summed E-state index contributed by atoms with van der Waals surface area (Å²) in [7, 11) is 0. The van der Waals surface area contributed by atoms with Crippen molar-refractivity contribution in [3.8, 4) is 5.75 Å². The number of carbonyl (C=O) groups is 1. The number of Topliss-reactive ketones (excluding diaryl/α,β-unsaturated/α-hetero) is 1. The zero-order chi connectivity index (χ0) is 15.3. The second-order valence-electron chi connectivity index (χ2n) is 5.70.